The van der Waals surface area contributed by atoms with Crippen molar-refractivity contribution in [1.82, 2.24) is 19.9 Å². The van der Waals surface area contributed by atoms with Crippen molar-refractivity contribution in [3.8, 4) is 0 Å². The molecule has 1 atom stereocenters. The van der Waals surface area contributed by atoms with Gasteiger partial charge in [-0.05, 0) is 19.3 Å². The van der Waals surface area contributed by atoms with Crippen molar-refractivity contribution >= 4 is 16.6 Å². The highest BCUT2D eigenvalue weighted by molar-refractivity contribution is 7.85. The molecule has 1 unspecified atom stereocenters. The summed E-state index contributed by atoms with van der Waals surface area (Å²) in [7, 11) is -1.02. The molecule has 0 aromatic carbocycles. The number of aryl methyl sites for hydroxylation is 1. The molecule has 0 bridgehead atoms. The number of imidazole rings is 1. The molecule has 2 aromatic heterocycles. The summed E-state index contributed by atoms with van der Waals surface area (Å²) in [4.78, 5) is 18.0. The van der Waals surface area contributed by atoms with Gasteiger partial charge in [-0.25, -0.2) is 15.0 Å². The number of nitrogens with one attached hydrogen (secondary N) is 2. The number of aromatic amines is 1. The third-order valence-corrected chi connectivity index (χ3v) is 6.33. The lowest BCUT2D eigenvalue weighted by Crippen LogP contribution is -2.43. The van der Waals surface area contributed by atoms with Gasteiger partial charge in [-0.15, -0.1) is 0 Å². The maximum absolute atomic E-state index is 12.5. The Morgan fingerprint density at radius 3 is 2.67 bits per heavy atom. The average molecular weight is 345 g/mol. The highest BCUT2D eigenvalue weighted by atomic mass is 32.2. The van der Waals surface area contributed by atoms with Crippen LogP contribution in [0.4, 0.5) is 5.82 Å². The van der Waals surface area contributed by atoms with Gasteiger partial charge in [-0.2, -0.15) is 0 Å². The minimum Gasteiger partial charge on any atom is -0.356 e. The maximum Gasteiger partial charge on any atom is 0.147 e. The number of aromatic nitrogens is 4. The molecule has 3 heterocycles. The van der Waals surface area contributed by atoms with Gasteiger partial charge < -0.3 is 10.3 Å². The van der Waals surface area contributed by atoms with E-state index in [0.29, 0.717) is 5.75 Å². The van der Waals surface area contributed by atoms with Gasteiger partial charge in [-0.3, -0.25) is 4.21 Å². The van der Waals surface area contributed by atoms with Gasteiger partial charge in [0.15, 0.2) is 0 Å². The first-order valence-electron chi connectivity index (χ1n) is 8.47. The predicted molar refractivity (Wildman–Crippen MR) is 93.5 cm³/mol. The van der Waals surface area contributed by atoms with Crippen LogP contribution in [-0.2, 0) is 28.2 Å². The second-order valence-corrected chi connectivity index (χ2v) is 9.23. The summed E-state index contributed by atoms with van der Waals surface area (Å²) in [6, 6.07) is 0. The third kappa shape index (κ3) is 2.46. The molecule has 6 nitrogen and oxygen atoms in total. The number of hydrogen-bond donors (Lipinski definition) is 2. The first-order valence-corrected chi connectivity index (χ1v) is 9.79. The second kappa shape index (κ2) is 5.37. The number of rotatable bonds is 3. The zero-order chi connectivity index (χ0) is 16.9. The van der Waals surface area contributed by atoms with Crippen LogP contribution in [0.1, 0.15) is 57.4 Å². The van der Waals surface area contributed by atoms with Crippen molar-refractivity contribution in [2.75, 3.05) is 11.1 Å². The van der Waals surface area contributed by atoms with Gasteiger partial charge in [-0.1, -0.05) is 20.8 Å². The van der Waals surface area contributed by atoms with Crippen molar-refractivity contribution in [2.45, 2.75) is 62.3 Å². The van der Waals surface area contributed by atoms with Crippen molar-refractivity contribution in [1.29, 1.82) is 0 Å². The number of fused-ring (bicyclic) bond motifs is 1. The first-order chi connectivity index (χ1) is 11.4. The number of hydrogen-bond acceptors (Lipinski definition) is 5. The molecular weight excluding hydrogens is 322 g/mol. The van der Waals surface area contributed by atoms with Crippen LogP contribution >= 0.6 is 0 Å². The highest BCUT2D eigenvalue weighted by Crippen LogP contribution is 2.44. The molecule has 128 valence electrons. The molecule has 1 fully saturated rings. The maximum atomic E-state index is 12.5. The topological polar surface area (TPSA) is 83.6 Å². The molecule has 2 aliphatic rings. The van der Waals surface area contributed by atoms with E-state index in [4.69, 9.17) is 9.97 Å². The quantitative estimate of drug-likeness (QED) is 0.893. The number of anilines is 1. The molecule has 1 saturated carbocycles. The summed E-state index contributed by atoms with van der Waals surface area (Å²) < 4.78 is 12.5. The fourth-order valence-corrected chi connectivity index (χ4v) is 4.63. The van der Waals surface area contributed by atoms with Crippen molar-refractivity contribution in [3.63, 3.8) is 0 Å². The molecule has 2 aromatic rings. The van der Waals surface area contributed by atoms with E-state index in [1.54, 1.807) is 6.20 Å². The zero-order valence-corrected chi connectivity index (χ0v) is 15.2. The van der Waals surface area contributed by atoms with Gasteiger partial charge in [0.1, 0.15) is 22.4 Å². The molecule has 24 heavy (non-hydrogen) atoms. The lowest BCUT2D eigenvalue weighted by Gasteiger charge is -2.41. The summed E-state index contributed by atoms with van der Waals surface area (Å²) in [5, 5.41) is 3.60. The Balaban J connectivity index is 1.80. The van der Waals surface area contributed by atoms with Crippen LogP contribution in [0.5, 0.6) is 0 Å². The van der Waals surface area contributed by atoms with Crippen LogP contribution in [0.3, 0.4) is 0 Å². The van der Waals surface area contributed by atoms with E-state index in [1.165, 1.54) is 0 Å². The number of H-pyrrole nitrogens is 1. The fraction of sp³-hybridized carbons (Fsp3) is 0.588. The van der Waals surface area contributed by atoms with Gasteiger partial charge >= 0.3 is 0 Å². The molecule has 0 spiro atoms. The van der Waals surface area contributed by atoms with Crippen LogP contribution in [0, 0.1) is 0 Å². The lowest BCUT2D eigenvalue weighted by atomic mass is 9.76. The van der Waals surface area contributed by atoms with Crippen LogP contribution in [-0.4, -0.2) is 29.9 Å². The summed E-state index contributed by atoms with van der Waals surface area (Å²) in [6.45, 7) is 6.32. The molecule has 7 heteroatoms. The Kier molecular flexibility index (Phi) is 3.53. The van der Waals surface area contributed by atoms with E-state index in [-0.39, 0.29) is 11.0 Å². The highest BCUT2D eigenvalue weighted by Gasteiger charge is 2.43. The summed E-state index contributed by atoms with van der Waals surface area (Å²) in [5.41, 5.74) is 0.560. The van der Waals surface area contributed by atoms with E-state index in [0.717, 1.165) is 53.7 Å². The van der Waals surface area contributed by atoms with E-state index in [2.05, 4.69) is 36.1 Å². The van der Waals surface area contributed by atoms with E-state index in [9.17, 15) is 4.21 Å². The minimum atomic E-state index is -1.02. The molecular formula is C17H23N5OS. The molecule has 4 rings (SSSR count). The smallest absolute Gasteiger partial charge is 0.147 e. The lowest BCUT2D eigenvalue weighted by molar-refractivity contribution is 0.268. The Labute approximate surface area is 144 Å². The van der Waals surface area contributed by atoms with Crippen LogP contribution in [0.15, 0.2) is 17.3 Å². The largest absolute Gasteiger partial charge is 0.356 e. The molecule has 1 aliphatic heterocycles. The van der Waals surface area contributed by atoms with Gasteiger partial charge in [0, 0.05) is 30.0 Å². The third-order valence-electron chi connectivity index (χ3n) is 4.87. The molecule has 2 N–H and O–H groups in total. The minimum absolute atomic E-state index is 0.146. The summed E-state index contributed by atoms with van der Waals surface area (Å²) >= 11 is 0. The molecule has 0 saturated heterocycles. The average Bonchev–Trinajstić information content (AvgIpc) is 3.12. The Bertz CT molecular complexity index is 790. The van der Waals surface area contributed by atoms with Gasteiger partial charge in [0.2, 0.25) is 0 Å². The first kappa shape index (κ1) is 15.7. The van der Waals surface area contributed by atoms with Gasteiger partial charge in [0.25, 0.3) is 0 Å². The fourth-order valence-electron chi connectivity index (χ4n) is 3.32. The molecule has 1 aliphatic carbocycles. The van der Waals surface area contributed by atoms with Crippen molar-refractivity contribution < 1.29 is 4.21 Å². The Morgan fingerprint density at radius 1 is 1.29 bits per heavy atom. The standard InChI is InChI=1S/C17H23N5OS/c1-16(2,3)14-20-11-5-10-24(23)12(11)13(21-14)22-17(6-4-7-17)15-18-8-9-19-15/h8-9H,4-7,10H2,1-3H3,(H,18,19)(H,20,21,22). The predicted octanol–water partition coefficient (Wildman–Crippen LogP) is 2.65. The Hall–Kier alpha value is -1.76. The summed E-state index contributed by atoms with van der Waals surface area (Å²) in [5.74, 6) is 3.11. The Morgan fingerprint density at radius 2 is 2.08 bits per heavy atom. The van der Waals surface area contributed by atoms with Crippen LogP contribution in [0.2, 0.25) is 0 Å². The van der Waals surface area contributed by atoms with Crippen molar-refractivity contribution in [3.05, 3.63) is 29.7 Å². The van der Waals surface area contributed by atoms with Crippen molar-refractivity contribution in [2.24, 2.45) is 0 Å². The normalized spacial score (nSPS) is 22.0. The van der Waals surface area contributed by atoms with Crippen LogP contribution in [0.25, 0.3) is 0 Å². The number of nitrogens with zero attached hydrogens (tertiary/aromatic N) is 3. The van der Waals surface area contributed by atoms with E-state index < -0.39 is 10.8 Å². The second-order valence-electron chi connectivity index (χ2n) is 7.72. The molecule has 0 amide bonds. The SMILES string of the molecule is CC(C)(C)c1nc2c(c(NC3(c4ncc[nH]4)CCC3)n1)S(=O)CC2. The van der Waals surface area contributed by atoms with Crippen LogP contribution < -0.4 is 5.32 Å². The van der Waals surface area contributed by atoms with Gasteiger partial charge in [0.05, 0.1) is 22.0 Å². The van der Waals surface area contributed by atoms with E-state index in [1.807, 2.05) is 6.20 Å². The summed E-state index contributed by atoms with van der Waals surface area (Å²) in [6.07, 6.45) is 7.53. The monoisotopic (exact) mass is 345 g/mol. The molecule has 0 radical (unpaired) electrons. The zero-order valence-electron chi connectivity index (χ0n) is 14.3. The van der Waals surface area contributed by atoms with E-state index >= 15 is 0 Å².